The SMILES string of the molecule is Cc1ccc(C(=O)N2CCC(c3ccc(C(C=NCC4CCC4)=CN)cc3)CC2)cc1NC(=O)c1ccc(NC(C)C)nc1. The van der Waals surface area contributed by atoms with Crippen LogP contribution in [0.25, 0.3) is 5.57 Å². The largest absolute Gasteiger partial charge is 0.404 e. The van der Waals surface area contributed by atoms with Gasteiger partial charge in [-0.25, -0.2) is 4.98 Å². The normalized spacial score (nSPS) is 16.3. The second-order valence-corrected chi connectivity index (χ2v) is 12.3. The Morgan fingerprint density at radius 1 is 1.00 bits per heavy atom. The Labute approximate surface area is 260 Å². The lowest BCUT2D eigenvalue weighted by Gasteiger charge is -2.32. The van der Waals surface area contributed by atoms with Crippen LogP contribution >= 0.6 is 0 Å². The summed E-state index contributed by atoms with van der Waals surface area (Å²) >= 11 is 0. The molecule has 0 radical (unpaired) electrons. The summed E-state index contributed by atoms with van der Waals surface area (Å²) in [5.74, 6) is 1.58. The van der Waals surface area contributed by atoms with Crippen LogP contribution in [0.5, 0.6) is 0 Å². The molecular weight excluding hydrogens is 548 g/mol. The summed E-state index contributed by atoms with van der Waals surface area (Å²) in [6.45, 7) is 8.24. The number of allylic oxidation sites excluding steroid dienone is 1. The molecule has 1 saturated carbocycles. The van der Waals surface area contributed by atoms with Crippen LogP contribution in [-0.4, -0.2) is 53.6 Å². The number of hydrogen-bond acceptors (Lipinski definition) is 6. The maximum absolute atomic E-state index is 13.5. The zero-order valence-electron chi connectivity index (χ0n) is 26.1. The van der Waals surface area contributed by atoms with E-state index in [9.17, 15) is 9.59 Å². The van der Waals surface area contributed by atoms with Gasteiger partial charge in [0.2, 0.25) is 0 Å². The number of benzene rings is 2. The molecule has 0 unspecified atom stereocenters. The van der Waals surface area contributed by atoms with Gasteiger partial charge in [-0.2, -0.15) is 0 Å². The van der Waals surface area contributed by atoms with Crippen LogP contribution in [0.4, 0.5) is 11.5 Å². The number of aromatic nitrogens is 1. The minimum atomic E-state index is -0.261. The van der Waals surface area contributed by atoms with Gasteiger partial charge in [-0.05, 0) is 99.2 Å². The average Bonchev–Trinajstić information content (AvgIpc) is 3.01. The highest BCUT2D eigenvalue weighted by Crippen LogP contribution is 2.30. The van der Waals surface area contributed by atoms with Crippen molar-refractivity contribution in [2.45, 2.75) is 64.8 Å². The van der Waals surface area contributed by atoms with Crippen molar-refractivity contribution in [3.63, 3.8) is 0 Å². The lowest BCUT2D eigenvalue weighted by atomic mass is 9.86. The van der Waals surface area contributed by atoms with Gasteiger partial charge >= 0.3 is 0 Å². The highest BCUT2D eigenvalue weighted by Gasteiger charge is 2.25. The Bertz CT molecular complexity index is 1500. The Morgan fingerprint density at radius 2 is 1.70 bits per heavy atom. The molecule has 8 nitrogen and oxygen atoms in total. The third kappa shape index (κ3) is 7.73. The maximum atomic E-state index is 13.5. The van der Waals surface area contributed by atoms with Crippen molar-refractivity contribution >= 4 is 35.1 Å². The molecule has 5 rings (SSSR count). The van der Waals surface area contributed by atoms with Crippen molar-refractivity contribution in [1.82, 2.24) is 9.88 Å². The molecule has 0 spiro atoms. The van der Waals surface area contributed by atoms with E-state index in [-0.39, 0.29) is 17.9 Å². The molecule has 4 N–H and O–H groups in total. The molecule has 1 aliphatic carbocycles. The Kier molecular flexibility index (Phi) is 10.1. The first-order valence-corrected chi connectivity index (χ1v) is 15.8. The van der Waals surface area contributed by atoms with Gasteiger partial charge in [-0.3, -0.25) is 14.6 Å². The molecule has 0 atom stereocenters. The summed E-state index contributed by atoms with van der Waals surface area (Å²) in [4.78, 5) is 37.2. The van der Waals surface area contributed by atoms with E-state index >= 15 is 0 Å². The topological polar surface area (TPSA) is 113 Å². The quantitative estimate of drug-likeness (QED) is 0.228. The summed E-state index contributed by atoms with van der Waals surface area (Å²) in [5.41, 5.74) is 11.7. The number of carbonyl (C=O) groups is 2. The number of aliphatic imine (C=N–C) groups is 1. The summed E-state index contributed by atoms with van der Waals surface area (Å²) in [6.07, 6.45) is 10.8. The smallest absolute Gasteiger partial charge is 0.257 e. The predicted molar refractivity (Wildman–Crippen MR) is 179 cm³/mol. The van der Waals surface area contributed by atoms with Gasteiger partial charge in [0.15, 0.2) is 0 Å². The first-order chi connectivity index (χ1) is 21.3. The van der Waals surface area contributed by atoms with E-state index in [0.29, 0.717) is 35.8 Å². The van der Waals surface area contributed by atoms with Gasteiger partial charge in [0.05, 0.1) is 5.56 Å². The monoisotopic (exact) mass is 592 g/mol. The number of anilines is 2. The van der Waals surface area contributed by atoms with Crippen LogP contribution in [0.2, 0.25) is 0 Å². The molecule has 0 bridgehead atoms. The molecule has 3 aromatic rings. The van der Waals surface area contributed by atoms with E-state index in [2.05, 4.69) is 44.9 Å². The molecule has 2 heterocycles. The number of likely N-dealkylation sites (tertiary alicyclic amines) is 1. The van der Waals surface area contributed by atoms with Crippen LogP contribution in [0, 0.1) is 12.8 Å². The van der Waals surface area contributed by atoms with Gasteiger partial charge in [0.1, 0.15) is 5.82 Å². The minimum Gasteiger partial charge on any atom is -0.404 e. The van der Waals surface area contributed by atoms with Gasteiger partial charge in [0.25, 0.3) is 11.8 Å². The number of aryl methyl sites for hydroxylation is 1. The number of nitrogens with zero attached hydrogens (tertiary/aromatic N) is 3. The molecular formula is C36H44N6O2. The van der Waals surface area contributed by atoms with Crippen molar-refractivity contribution in [2.75, 3.05) is 30.3 Å². The van der Waals surface area contributed by atoms with E-state index in [1.807, 2.05) is 44.0 Å². The Balaban J connectivity index is 1.16. The number of rotatable bonds is 10. The summed E-state index contributed by atoms with van der Waals surface area (Å²) < 4.78 is 0. The lowest BCUT2D eigenvalue weighted by molar-refractivity contribution is 0.0712. The third-order valence-corrected chi connectivity index (χ3v) is 8.69. The third-order valence-electron chi connectivity index (χ3n) is 8.69. The summed E-state index contributed by atoms with van der Waals surface area (Å²) in [5, 5.41) is 6.18. The molecule has 2 aliphatic rings. The number of amides is 2. The number of piperidine rings is 1. The molecule has 1 saturated heterocycles. The molecule has 2 fully saturated rings. The number of pyridine rings is 1. The Hall–Kier alpha value is -4.46. The molecule has 1 aliphatic heterocycles. The Morgan fingerprint density at radius 3 is 2.32 bits per heavy atom. The number of nitrogens with one attached hydrogen (secondary N) is 2. The van der Waals surface area contributed by atoms with Crippen LogP contribution in [0.3, 0.4) is 0 Å². The van der Waals surface area contributed by atoms with Crippen molar-refractivity contribution in [1.29, 1.82) is 0 Å². The first-order valence-electron chi connectivity index (χ1n) is 15.8. The molecule has 44 heavy (non-hydrogen) atoms. The van der Waals surface area contributed by atoms with Gasteiger partial charge in [-0.15, -0.1) is 0 Å². The predicted octanol–water partition coefficient (Wildman–Crippen LogP) is 6.65. The van der Waals surface area contributed by atoms with E-state index in [0.717, 1.165) is 47.8 Å². The highest BCUT2D eigenvalue weighted by atomic mass is 16.2. The molecule has 8 heteroatoms. The second-order valence-electron chi connectivity index (χ2n) is 12.3. The number of hydrogen-bond donors (Lipinski definition) is 3. The first kappa shape index (κ1) is 31.0. The van der Waals surface area contributed by atoms with E-state index < -0.39 is 0 Å². The average molecular weight is 593 g/mol. The molecule has 2 amide bonds. The van der Waals surface area contributed by atoms with E-state index in [1.54, 1.807) is 30.6 Å². The minimum absolute atomic E-state index is 0.0148. The second kappa shape index (κ2) is 14.3. The standard InChI is InChI=1S/C36H44N6O2/c1-24(2)40-34-14-13-31(23-39-34)35(43)41-33-19-30(8-7-25(33)3)36(44)42-17-15-29(16-18-42)27-9-11-28(12-10-27)32(20-37)22-38-21-26-5-4-6-26/h7-14,19-20,22-24,26,29H,4-6,15-18,21,37H2,1-3H3,(H,39,40)(H,41,43). The summed E-state index contributed by atoms with van der Waals surface area (Å²) in [6, 6.07) is 17.9. The van der Waals surface area contributed by atoms with Crippen LogP contribution in [0.1, 0.15) is 89.3 Å². The fraction of sp³-hybridized carbons (Fsp3) is 0.389. The number of nitrogens with two attached hydrogens (primary N) is 1. The molecule has 230 valence electrons. The van der Waals surface area contributed by atoms with Crippen molar-refractivity contribution in [2.24, 2.45) is 16.6 Å². The number of carbonyl (C=O) groups excluding carboxylic acids is 2. The maximum Gasteiger partial charge on any atom is 0.257 e. The van der Waals surface area contributed by atoms with Crippen molar-refractivity contribution < 1.29 is 9.59 Å². The van der Waals surface area contributed by atoms with E-state index in [1.165, 1.54) is 24.8 Å². The van der Waals surface area contributed by atoms with E-state index in [4.69, 9.17) is 5.73 Å². The zero-order valence-corrected chi connectivity index (χ0v) is 26.1. The molecule has 1 aromatic heterocycles. The summed E-state index contributed by atoms with van der Waals surface area (Å²) in [7, 11) is 0. The van der Waals surface area contributed by atoms with Gasteiger partial charge in [-0.1, -0.05) is 36.8 Å². The zero-order chi connectivity index (χ0) is 31.1. The van der Waals surface area contributed by atoms with Gasteiger partial charge < -0.3 is 21.3 Å². The fourth-order valence-corrected chi connectivity index (χ4v) is 5.73. The lowest BCUT2D eigenvalue weighted by Crippen LogP contribution is -2.38. The molecule has 2 aromatic carbocycles. The van der Waals surface area contributed by atoms with Crippen LogP contribution in [-0.2, 0) is 0 Å². The highest BCUT2D eigenvalue weighted by molar-refractivity contribution is 6.09. The van der Waals surface area contributed by atoms with Crippen molar-refractivity contribution in [3.05, 3.63) is 94.8 Å². The van der Waals surface area contributed by atoms with Gasteiger partial charge in [0, 0.05) is 61.1 Å². The van der Waals surface area contributed by atoms with Crippen LogP contribution < -0.4 is 16.4 Å². The fourth-order valence-electron chi connectivity index (χ4n) is 5.73. The van der Waals surface area contributed by atoms with Crippen molar-refractivity contribution in [3.8, 4) is 0 Å². The van der Waals surface area contributed by atoms with Crippen LogP contribution in [0.15, 0.2) is 72.0 Å².